The van der Waals surface area contributed by atoms with Crippen LogP contribution in [-0.4, -0.2) is 35.2 Å². The van der Waals surface area contributed by atoms with Crippen molar-refractivity contribution in [3.8, 4) is 0 Å². The molecular formula is C18H23NO4. The Hall–Kier alpha value is -2.30. The van der Waals surface area contributed by atoms with E-state index in [1.807, 2.05) is 32.0 Å². The van der Waals surface area contributed by atoms with Crippen LogP contribution >= 0.6 is 0 Å². The van der Waals surface area contributed by atoms with Crippen molar-refractivity contribution >= 4 is 12.1 Å². The SMILES string of the molecule is CCOC(=O)C=C1CCN(C(=O)O)C(c2c(C)cccc2C)C1. The smallest absolute Gasteiger partial charge is 0.407 e. The van der Waals surface area contributed by atoms with Crippen LogP contribution in [0.15, 0.2) is 29.8 Å². The van der Waals surface area contributed by atoms with Gasteiger partial charge in [-0.1, -0.05) is 23.8 Å². The molecule has 1 fully saturated rings. The van der Waals surface area contributed by atoms with Crippen LogP contribution in [-0.2, 0) is 9.53 Å². The van der Waals surface area contributed by atoms with E-state index >= 15 is 0 Å². The Morgan fingerprint density at radius 3 is 2.57 bits per heavy atom. The Bertz CT molecular complexity index is 616. The average molecular weight is 317 g/mol. The molecule has 1 unspecified atom stereocenters. The maximum atomic E-state index is 11.7. The molecule has 1 atom stereocenters. The molecule has 5 nitrogen and oxygen atoms in total. The van der Waals surface area contributed by atoms with Crippen LogP contribution in [0.5, 0.6) is 0 Å². The summed E-state index contributed by atoms with van der Waals surface area (Å²) in [7, 11) is 0. The van der Waals surface area contributed by atoms with Gasteiger partial charge in [-0.05, 0) is 50.3 Å². The third kappa shape index (κ3) is 3.92. The van der Waals surface area contributed by atoms with Crippen molar-refractivity contribution in [2.45, 2.75) is 39.7 Å². The highest BCUT2D eigenvalue weighted by molar-refractivity contribution is 5.83. The van der Waals surface area contributed by atoms with Crippen molar-refractivity contribution in [2.24, 2.45) is 0 Å². The second-order valence-electron chi connectivity index (χ2n) is 5.81. The molecule has 1 heterocycles. The number of piperidine rings is 1. The predicted octanol–water partition coefficient (Wildman–Crippen LogP) is 3.61. The van der Waals surface area contributed by atoms with Crippen LogP contribution in [0.2, 0.25) is 0 Å². The number of esters is 1. The summed E-state index contributed by atoms with van der Waals surface area (Å²) in [6, 6.07) is 5.69. The zero-order chi connectivity index (χ0) is 17.0. The number of carbonyl (C=O) groups excluding carboxylic acids is 1. The lowest BCUT2D eigenvalue weighted by atomic mass is 9.87. The van der Waals surface area contributed by atoms with Crippen LogP contribution in [0, 0.1) is 13.8 Å². The molecule has 1 aromatic carbocycles. The standard InChI is InChI=1S/C18H23NO4/c1-4-23-16(20)11-14-8-9-19(18(21)22)15(10-14)17-12(2)6-5-7-13(17)3/h5-7,11,15H,4,8-10H2,1-3H3,(H,21,22). The molecule has 0 bridgehead atoms. The molecule has 0 radical (unpaired) electrons. The summed E-state index contributed by atoms with van der Waals surface area (Å²) in [5.41, 5.74) is 4.11. The fourth-order valence-electron chi connectivity index (χ4n) is 3.20. The summed E-state index contributed by atoms with van der Waals surface area (Å²) in [5.74, 6) is -0.355. The molecule has 0 aromatic heterocycles. The second kappa shape index (κ2) is 7.31. The number of carbonyl (C=O) groups is 2. The van der Waals surface area contributed by atoms with Crippen LogP contribution in [0.25, 0.3) is 0 Å². The zero-order valence-corrected chi connectivity index (χ0v) is 13.8. The summed E-state index contributed by atoms with van der Waals surface area (Å²) in [5, 5.41) is 9.52. The minimum Gasteiger partial charge on any atom is -0.465 e. The lowest BCUT2D eigenvalue weighted by Gasteiger charge is -2.36. The van der Waals surface area contributed by atoms with Gasteiger partial charge in [0, 0.05) is 12.6 Å². The van der Waals surface area contributed by atoms with Crippen LogP contribution in [0.4, 0.5) is 4.79 Å². The first kappa shape index (κ1) is 17.1. The van der Waals surface area contributed by atoms with Gasteiger partial charge in [-0.2, -0.15) is 0 Å². The van der Waals surface area contributed by atoms with Crippen molar-refractivity contribution in [3.63, 3.8) is 0 Å². The van der Waals surface area contributed by atoms with Gasteiger partial charge in [-0.3, -0.25) is 0 Å². The Morgan fingerprint density at radius 2 is 2.00 bits per heavy atom. The molecule has 2 rings (SSSR count). The zero-order valence-electron chi connectivity index (χ0n) is 13.8. The van der Waals surface area contributed by atoms with Gasteiger partial charge in [0.25, 0.3) is 0 Å². The number of hydrogen-bond donors (Lipinski definition) is 1. The minimum atomic E-state index is -0.923. The molecule has 0 aliphatic carbocycles. The first-order chi connectivity index (χ1) is 10.9. The van der Waals surface area contributed by atoms with Crippen molar-refractivity contribution in [3.05, 3.63) is 46.5 Å². The Balaban J connectivity index is 2.35. The number of amides is 1. The number of nitrogens with zero attached hydrogens (tertiary/aromatic N) is 1. The van der Waals surface area contributed by atoms with Gasteiger partial charge in [-0.25, -0.2) is 9.59 Å². The van der Waals surface area contributed by atoms with Gasteiger partial charge in [-0.15, -0.1) is 0 Å². The van der Waals surface area contributed by atoms with Crippen molar-refractivity contribution in [1.82, 2.24) is 4.90 Å². The van der Waals surface area contributed by atoms with E-state index in [9.17, 15) is 14.7 Å². The number of benzene rings is 1. The number of hydrogen-bond acceptors (Lipinski definition) is 3. The Labute approximate surface area is 136 Å². The minimum absolute atomic E-state index is 0.261. The lowest BCUT2D eigenvalue weighted by Crippen LogP contribution is -2.39. The van der Waals surface area contributed by atoms with Gasteiger partial charge in [0.05, 0.1) is 12.6 Å². The number of rotatable bonds is 3. The van der Waals surface area contributed by atoms with Crippen LogP contribution in [0.3, 0.4) is 0 Å². The average Bonchev–Trinajstić information content (AvgIpc) is 2.47. The molecule has 1 saturated heterocycles. The maximum Gasteiger partial charge on any atom is 0.407 e. The van der Waals surface area contributed by atoms with Crippen molar-refractivity contribution < 1.29 is 19.4 Å². The fraction of sp³-hybridized carbons (Fsp3) is 0.444. The van der Waals surface area contributed by atoms with E-state index in [0.29, 0.717) is 26.0 Å². The Morgan fingerprint density at radius 1 is 1.35 bits per heavy atom. The largest absolute Gasteiger partial charge is 0.465 e. The number of likely N-dealkylation sites (tertiary alicyclic amines) is 1. The monoisotopic (exact) mass is 317 g/mol. The highest BCUT2D eigenvalue weighted by atomic mass is 16.5. The van der Waals surface area contributed by atoms with E-state index in [0.717, 1.165) is 22.3 Å². The second-order valence-corrected chi connectivity index (χ2v) is 5.81. The highest BCUT2D eigenvalue weighted by Gasteiger charge is 2.31. The van der Waals surface area contributed by atoms with Gasteiger partial charge >= 0.3 is 12.1 Å². The van der Waals surface area contributed by atoms with E-state index in [1.54, 1.807) is 6.92 Å². The molecule has 0 spiro atoms. The summed E-state index contributed by atoms with van der Waals surface area (Å²) in [6.07, 6.45) is 1.68. The lowest BCUT2D eigenvalue weighted by molar-refractivity contribution is -0.137. The topological polar surface area (TPSA) is 66.8 Å². The summed E-state index contributed by atoms with van der Waals surface area (Å²) < 4.78 is 4.96. The van der Waals surface area contributed by atoms with Gasteiger partial charge in [0.2, 0.25) is 0 Å². The Kier molecular flexibility index (Phi) is 5.42. The van der Waals surface area contributed by atoms with Gasteiger partial charge < -0.3 is 14.7 Å². The number of aryl methyl sites for hydroxylation is 2. The highest BCUT2D eigenvalue weighted by Crippen LogP contribution is 2.37. The van der Waals surface area contributed by atoms with E-state index < -0.39 is 6.09 Å². The third-order valence-electron chi connectivity index (χ3n) is 4.24. The van der Waals surface area contributed by atoms with E-state index in [2.05, 4.69) is 0 Å². The summed E-state index contributed by atoms with van der Waals surface area (Å²) in [4.78, 5) is 24.8. The molecule has 5 heteroatoms. The molecule has 1 N–H and O–H groups in total. The van der Waals surface area contributed by atoms with Crippen LogP contribution in [0.1, 0.15) is 42.5 Å². The molecule has 0 saturated carbocycles. The normalized spacial score (nSPS) is 19.7. The van der Waals surface area contributed by atoms with E-state index in [4.69, 9.17) is 4.74 Å². The van der Waals surface area contributed by atoms with Gasteiger partial charge in [0.15, 0.2) is 0 Å². The molecule has 1 aliphatic heterocycles. The summed E-state index contributed by atoms with van der Waals surface area (Å²) in [6.45, 7) is 6.48. The first-order valence-electron chi connectivity index (χ1n) is 7.86. The van der Waals surface area contributed by atoms with Crippen molar-refractivity contribution in [2.75, 3.05) is 13.2 Å². The summed E-state index contributed by atoms with van der Waals surface area (Å²) >= 11 is 0. The maximum absolute atomic E-state index is 11.7. The molecule has 23 heavy (non-hydrogen) atoms. The molecular weight excluding hydrogens is 294 g/mol. The quantitative estimate of drug-likeness (QED) is 0.683. The van der Waals surface area contributed by atoms with Crippen LogP contribution < -0.4 is 0 Å². The number of ether oxygens (including phenoxy) is 1. The first-order valence-corrected chi connectivity index (χ1v) is 7.86. The predicted molar refractivity (Wildman–Crippen MR) is 87.3 cm³/mol. The number of carboxylic acid groups (broad SMARTS) is 1. The molecule has 1 aromatic rings. The van der Waals surface area contributed by atoms with Crippen molar-refractivity contribution in [1.29, 1.82) is 0 Å². The fourth-order valence-corrected chi connectivity index (χ4v) is 3.20. The molecule has 124 valence electrons. The molecule has 1 aliphatic rings. The van der Waals surface area contributed by atoms with Gasteiger partial charge in [0.1, 0.15) is 0 Å². The third-order valence-corrected chi connectivity index (χ3v) is 4.24. The van der Waals surface area contributed by atoms with E-state index in [1.165, 1.54) is 11.0 Å². The molecule has 1 amide bonds. The van der Waals surface area contributed by atoms with E-state index in [-0.39, 0.29) is 12.0 Å².